The van der Waals surface area contributed by atoms with Crippen molar-refractivity contribution in [2.45, 2.75) is 13.3 Å². The van der Waals surface area contributed by atoms with Crippen LogP contribution >= 0.6 is 0 Å². The van der Waals surface area contributed by atoms with E-state index in [1.165, 1.54) is 13.2 Å². The monoisotopic (exact) mass is 253 g/mol. The Kier molecular flexibility index (Phi) is 6.00. The molecule has 0 spiro atoms. The number of carbonyl (C=O) groups excluding carboxylic acids is 1. The van der Waals surface area contributed by atoms with Crippen molar-refractivity contribution in [2.24, 2.45) is 0 Å². The van der Waals surface area contributed by atoms with E-state index in [4.69, 9.17) is 9.47 Å². The predicted octanol–water partition coefficient (Wildman–Crippen LogP) is 1.56. The molecule has 1 rings (SSSR count). The number of hydrogen-bond donors (Lipinski definition) is 2. The number of rotatable bonds is 7. The maximum Gasteiger partial charge on any atom is 0.251 e. The number of carbonyl (C=O) groups is 1. The molecule has 0 aromatic heterocycles. The van der Waals surface area contributed by atoms with Crippen molar-refractivity contribution >= 4 is 5.91 Å². The van der Waals surface area contributed by atoms with Crippen LogP contribution in [0.2, 0.25) is 0 Å². The number of amides is 1. The van der Waals surface area contributed by atoms with Crippen LogP contribution < -0.4 is 10.1 Å². The summed E-state index contributed by atoms with van der Waals surface area (Å²) in [5.41, 5.74) is 0.407. The minimum atomic E-state index is -0.218. The Labute approximate surface area is 107 Å². The van der Waals surface area contributed by atoms with Crippen LogP contribution in [0.25, 0.3) is 0 Å². The highest BCUT2D eigenvalue weighted by Crippen LogP contribution is 2.25. The van der Waals surface area contributed by atoms with E-state index in [1.807, 2.05) is 6.92 Å². The summed E-state index contributed by atoms with van der Waals surface area (Å²) < 4.78 is 10.1. The predicted molar refractivity (Wildman–Crippen MR) is 68.1 cm³/mol. The molecule has 5 nitrogen and oxygen atoms in total. The van der Waals surface area contributed by atoms with Crippen molar-refractivity contribution in [3.8, 4) is 11.5 Å². The average molecular weight is 253 g/mol. The molecule has 0 fully saturated rings. The highest BCUT2D eigenvalue weighted by atomic mass is 16.5. The van der Waals surface area contributed by atoms with Crippen molar-refractivity contribution in [3.05, 3.63) is 23.8 Å². The standard InChI is InChI=1S/C13H19NO4/c1-3-18-8-4-7-14-13(16)10-5-6-12(17-2)11(15)9-10/h5-6,9,15H,3-4,7-8H2,1-2H3,(H,14,16). The number of benzene rings is 1. The molecule has 0 atom stereocenters. The lowest BCUT2D eigenvalue weighted by Crippen LogP contribution is -2.25. The fourth-order valence-corrected chi connectivity index (χ4v) is 1.45. The molecule has 1 aromatic rings. The van der Waals surface area contributed by atoms with Crippen molar-refractivity contribution < 1.29 is 19.4 Å². The van der Waals surface area contributed by atoms with Gasteiger partial charge in [0.15, 0.2) is 11.5 Å². The maximum absolute atomic E-state index is 11.7. The molecule has 0 aliphatic rings. The first-order chi connectivity index (χ1) is 8.69. The molecule has 1 amide bonds. The van der Waals surface area contributed by atoms with Gasteiger partial charge in [0.05, 0.1) is 7.11 Å². The minimum Gasteiger partial charge on any atom is -0.504 e. The Hall–Kier alpha value is -1.75. The van der Waals surface area contributed by atoms with E-state index in [-0.39, 0.29) is 11.7 Å². The lowest BCUT2D eigenvalue weighted by molar-refractivity contribution is 0.0944. The molecule has 0 unspecified atom stereocenters. The minimum absolute atomic E-state index is 0.0422. The SMILES string of the molecule is CCOCCCNC(=O)c1ccc(OC)c(O)c1. The van der Waals surface area contributed by atoms with Gasteiger partial charge in [0.2, 0.25) is 0 Å². The highest BCUT2D eigenvalue weighted by Gasteiger charge is 2.08. The molecule has 0 aliphatic carbocycles. The van der Waals surface area contributed by atoms with E-state index in [2.05, 4.69) is 5.32 Å². The van der Waals surface area contributed by atoms with Gasteiger partial charge in [0, 0.05) is 25.3 Å². The Morgan fingerprint density at radius 1 is 1.44 bits per heavy atom. The maximum atomic E-state index is 11.7. The van der Waals surface area contributed by atoms with Gasteiger partial charge in [-0.25, -0.2) is 0 Å². The first-order valence-corrected chi connectivity index (χ1v) is 5.92. The Morgan fingerprint density at radius 2 is 2.22 bits per heavy atom. The van der Waals surface area contributed by atoms with Gasteiger partial charge in [-0.2, -0.15) is 0 Å². The molecule has 0 saturated heterocycles. The number of hydrogen-bond acceptors (Lipinski definition) is 4. The van der Waals surface area contributed by atoms with Crippen molar-refractivity contribution in [3.63, 3.8) is 0 Å². The van der Waals surface area contributed by atoms with Crippen LogP contribution in [0, 0.1) is 0 Å². The number of aromatic hydroxyl groups is 1. The van der Waals surface area contributed by atoms with E-state index in [0.717, 1.165) is 6.42 Å². The number of nitrogens with one attached hydrogen (secondary N) is 1. The quantitative estimate of drug-likeness (QED) is 0.724. The zero-order valence-electron chi connectivity index (χ0n) is 10.7. The van der Waals surface area contributed by atoms with Crippen molar-refractivity contribution in [1.82, 2.24) is 5.32 Å². The molecular weight excluding hydrogens is 234 g/mol. The normalized spacial score (nSPS) is 10.1. The summed E-state index contributed by atoms with van der Waals surface area (Å²) in [6.07, 6.45) is 0.766. The van der Waals surface area contributed by atoms with E-state index in [9.17, 15) is 9.90 Å². The van der Waals surface area contributed by atoms with Gasteiger partial charge in [-0.05, 0) is 31.5 Å². The van der Waals surface area contributed by atoms with Gasteiger partial charge in [0.1, 0.15) is 0 Å². The topological polar surface area (TPSA) is 67.8 Å². The van der Waals surface area contributed by atoms with E-state index >= 15 is 0 Å². The molecule has 0 aliphatic heterocycles. The first-order valence-electron chi connectivity index (χ1n) is 5.92. The Morgan fingerprint density at radius 3 is 2.83 bits per heavy atom. The molecule has 5 heteroatoms. The van der Waals surface area contributed by atoms with E-state index in [1.54, 1.807) is 12.1 Å². The second-order valence-corrected chi connectivity index (χ2v) is 3.69. The van der Waals surface area contributed by atoms with Crippen LogP contribution in [-0.4, -0.2) is 37.9 Å². The van der Waals surface area contributed by atoms with Crippen LogP contribution in [-0.2, 0) is 4.74 Å². The number of phenols is 1. The molecule has 18 heavy (non-hydrogen) atoms. The summed E-state index contributed by atoms with van der Waals surface area (Å²) in [5.74, 6) is 0.0896. The Bertz CT molecular complexity index is 393. The fraction of sp³-hybridized carbons (Fsp3) is 0.462. The molecule has 0 saturated carbocycles. The van der Waals surface area contributed by atoms with Crippen LogP contribution in [0.3, 0.4) is 0 Å². The van der Waals surface area contributed by atoms with E-state index < -0.39 is 0 Å². The molecule has 0 bridgehead atoms. The van der Waals surface area contributed by atoms with Crippen molar-refractivity contribution in [2.75, 3.05) is 26.9 Å². The largest absolute Gasteiger partial charge is 0.504 e. The molecular formula is C13H19NO4. The highest BCUT2D eigenvalue weighted by molar-refractivity contribution is 5.94. The van der Waals surface area contributed by atoms with Gasteiger partial charge in [0.25, 0.3) is 5.91 Å². The summed E-state index contributed by atoms with van der Waals surface area (Å²) in [6, 6.07) is 4.55. The van der Waals surface area contributed by atoms with Crippen LogP contribution in [0.5, 0.6) is 11.5 Å². The third-order valence-corrected chi connectivity index (χ3v) is 2.40. The lowest BCUT2D eigenvalue weighted by atomic mass is 10.2. The molecule has 100 valence electrons. The zero-order chi connectivity index (χ0) is 13.4. The first kappa shape index (κ1) is 14.3. The third kappa shape index (κ3) is 4.25. The van der Waals surface area contributed by atoms with Gasteiger partial charge >= 0.3 is 0 Å². The summed E-state index contributed by atoms with van der Waals surface area (Å²) in [5, 5.41) is 12.3. The van der Waals surface area contributed by atoms with E-state index in [0.29, 0.717) is 31.1 Å². The number of phenolic OH excluding ortho intramolecular Hbond substituents is 1. The second kappa shape index (κ2) is 7.55. The molecule has 0 heterocycles. The molecule has 1 aromatic carbocycles. The summed E-state index contributed by atoms with van der Waals surface area (Å²) in [4.78, 5) is 11.7. The smallest absolute Gasteiger partial charge is 0.251 e. The lowest BCUT2D eigenvalue weighted by Gasteiger charge is -2.07. The summed E-state index contributed by atoms with van der Waals surface area (Å²) in [6.45, 7) is 3.79. The van der Waals surface area contributed by atoms with Crippen LogP contribution in [0.4, 0.5) is 0 Å². The molecule has 0 radical (unpaired) electrons. The van der Waals surface area contributed by atoms with Crippen LogP contribution in [0.1, 0.15) is 23.7 Å². The number of methoxy groups -OCH3 is 1. The summed E-state index contributed by atoms with van der Waals surface area (Å²) >= 11 is 0. The zero-order valence-corrected chi connectivity index (χ0v) is 10.7. The van der Waals surface area contributed by atoms with Gasteiger partial charge in [-0.1, -0.05) is 0 Å². The van der Waals surface area contributed by atoms with Crippen LogP contribution in [0.15, 0.2) is 18.2 Å². The third-order valence-electron chi connectivity index (χ3n) is 2.40. The van der Waals surface area contributed by atoms with Gasteiger partial charge in [-0.15, -0.1) is 0 Å². The van der Waals surface area contributed by atoms with Gasteiger partial charge in [-0.3, -0.25) is 4.79 Å². The second-order valence-electron chi connectivity index (χ2n) is 3.69. The fourth-order valence-electron chi connectivity index (χ4n) is 1.45. The van der Waals surface area contributed by atoms with Gasteiger partial charge < -0.3 is 19.9 Å². The van der Waals surface area contributed by atoms with Crippen molar-refractivity contribution in [1.29, 1.82) is 0 Å². The summed E-state index contributed by atoms with van der Waals surface area (Å²) in [7, 11) is 1.46. The molecule has 2 N–H and O–H groups in total. The number of ether oxygens (including phenoxy) is 2. The average Bonchev–Trinajstić information content (AvgIpc) is 2.38. The Balaban J connectivity index is 2.44.